The predicted molar refractivity (Wildman–Crippen MR) is 123 cm³/mol. The molecule has 1 fully saturated rings. The fraction of sp³-hybridized carbons (Fsp3) is 0.542. The zero-order valence-corrected chi connectivity index (χ0v) is 19.6. The number of nitrogens with one attached hydrogen (secondary N) is 1. The third-order valence-electron chi connectivity index (χ3n) is 5.77. The molecule has 3 rings (SSSR count). The van der Waals surface area contributed by atoms with Gasteiger partial charge in [0.2, 0.25) is 0 Å². The summed E-state index contributed by atoms with van der Waals surface area (Å²) in [7, 11) is -3.40. The van der Waals surface area contributed by atoms with Gasteiger partial charge in [0, 0.05) is 19.6 Å². The fourth-order valence-corrected chi connectivity index (χ4v) is 5.91. The highest BCUT2D eigenvalue weighted by atomic mass is 32.2. The normalized spacial score (nSPS) is 20.0. The minimum atomic E-state index is -3.40. The lowest BCUT2D eigenvalue weighted by atomic mass is 9.92. The number of benzene rings is 1. The molecule has 1 aromatic heterocycles. The summed E-state index contributed by atoms with van der Waals surface area (Å²) in [6.07, 6.45) is 2.16. The number of carbonyl (C=O) groups excluding carboxylic acids is 1. The average molecular weight is 447 g/mol. The van der Waals surface area contributed by atoms with E-state index in [1.54, 1.807) is 12.1 Å². The van der Waals surface area contributed by atoms with E-state index in [0.29, 0.717) is 6.54 Å². The van der Waals surface area contributed by atoms with E-state index in [9.17, 15) is 13.2 Å². The Labute approximate surface area is 185 Å². The Morgan fingerprint density at radius 1 is 1.10 bits per heavy atom. The minimum Gasteiger partial charge on any atom is -0.455 e. The van der Waals surface area contributed by atoms with Gasteiger partial charge in [-0.25, -0.2) is 8.42 Å². The van der Waals surface area contributed by atoms with Crippen molar-refractivity contribution in [1.82, 2.24) is 10.2 Å². The molecule has 1 aliphatic heterocycles. The second-order valence-corrected chi connectivity index (χ2v) is 11.1. The van der Waals surface area contributed by atoms with E-state index in [1.807, 2.05) is 31.2 Å². The summed E-state index contributed by atoms with van der Waals surface area (Å²) in [5.41, 5.74) is 1.73. The zero-order chi connectivity index (χ0) is 22.4. The smallest absolute Gasteiger partial charge is 0.286 e. The molecule has 0 aliphatic carbocycles. The standard InChI is InChI=1S/C24H34N2O4S/c1-18-13-19(2)15-26(14-18)12-6-11-25-24(27)23-10-9-22(30-23)17-31(28,29)16-21-8-5-4-7-20(21)3/h4-5,7-10,18-19H,6,11-17H2,1-3H3,(H,25,27)/t18-,19-/m1/s1. The number of sulfone groups is 1. The van der Waals surface area contributed by atoms with Crippen LogP contribution in [-0.2, 0) is 21.3 Å². The molecule has 0 bridgehead atoms. The molecule has 0 saturated carbocycles. The van der Waals surface area contributed by atoms with Gasteiger partial charge in [-0.2, -0.15) is 0 Å². The van der Waals surface area contributed by atoms with Gasteiger partial charge < -0.3 is 14.6 Å². The molecule has 31 heavy (non-hydrogen) atoms. The van der Waals surface area contributed by atoms with Crippen LogP contribution in [0.2, 0.25) is 0 Å². The van der Waals surface area contributed by atoms with Gasteiger partial charge in [0.1, 0.15) is 11.5 Å². The van der Waals surface area contributed by atoms with E-state index in [4.69, 9.17) is 4.42 Å². The molecule has 1 N–H and O–H groups in total. The third-order valence-corrected chi connectivity index (χ3v) is 7.24. The van der Waals surface area contributed by atoms with Crippen LogP contribution in [0.5, 0.6) is 0 Å². The molecule has 1 aliphatic rings. The number of hydrogen-bond donors (Lipinski definition) is 1. The van der Waals surface area contributed by atoms with E-state index >= 15 is 0 Å². The quantitative estimate of drug-likeness (QED) is 0.593. The first-order valence-corrected chi connectivity index (χ1v) is 12.9. The molecule has 1 aromatic carbocycles. The van der Waals surface area contributed by atoms with Gasteiger partial charge in [0.25, 0.3) is 5.91 Å². The molecule has 7 heteroatoms. The molecule has 170 valence electrons. The number of nitrogens with zero attached hydrogens (tertiary/aromatic N) is 1. The van der Waals surface area contributed by atoms with E-state index in [1.165, 1.54) is 6.42 Å². The van der Waals surface area contributed by atoms with Crippen molar-refractivity contribution in [3.8, 4) is 0 Å². The Balaban J connectivity index is 1.45. The number of carbonyl (C=O) groups is 1. The van der Waals surface area contributed by atoms with Gasteiger partial charge in [0.05, 0.1) is 5.75 Å². The molecule has 0 radical (unpaired) electrons. The van der Waals surface area contributed by atoms with Crippen molar-refractivity contribution < 1.29 is 17.6 Å². The van der Waals surface area contributed by atoms with Crippen molar-refractivity contribution in [2.75, 3.05) is 26.2 Å². The van der Waals surface area contributed by atoms with Crippen LogP contribution in [0.3, 0.4) is 0 Å². The summed E-state index contributed by atoms with van der Waals surface area (Å²) in [6.45, 7) is 10.3. The molecular weight excluding hydrogens is 412 g/mol. The third kappa shape index (κ3) is 7.21. The molecule has 2 heterocycles. The lowest BCUT2D eigenvalue weighted by Gasteiger charge is -2.34. The van der Waals surface area contributed by atoms with Crippen LogP contribution >= 0.6 is 0 Å². The van der Waals surface area contributed by atoms with E-state index in [0.717, 1.165) is 49.0 Å². The maximum absolute atomic E-state index is 12.5. The number of rotatable bonds is 9. The van der Waals surface area contributed by atoms with Gasteiger partial charge >= 0.3 is 0 Å². The summed E-state index contributed by atoms with van der Waals surface area (Å²) in [6, 6.07) is 10.5. The van der Waals surface area contributed by atoms with Crippen molar-refractivity contribution in [2.45, 2.75) is 45.1 Å². The van der Waals surface area contributed by atoms with Gasteiger partial charge in [-0.1, -0.05) is 38.1 Å². The molecule has 2 aromatic rings. The number of aryl methyl sites for hydroxylation is 1. The molecule has 0 spiro atoms. The van der Waals surface area contributed by atoms with Crippen LogP contribution in [0.1, 0.15) is 54.1 Å². The Bertz CT molecular complexity index is 973. The first-order valence-electron chi connectivity index (χ1n) is 11.1. The maximum Gasteiger partial charge on any atom is 0.286 e. The Morgan fingerprint density at radius 3 is 2.52 bits per heavy atom. The molecule has 0 unspecified atom stereocenters. The number of likely N-dealkylation sites (tertiary alicyclic amines) is 1. The summed E-state index contributed by atoms with van der Waals surface area (Å²) < 4.78 is 30.6. The van der Waals surface area contributed by atoms with E-state index < -0.39 is 9.84 Å². The number of amides is 1. The van der Waals surface area contributed by atoms with Crippen molar-refractivity contribution in [3.05, 3.63) is 59.0 Å². The first kappa shape index (κ1) is 23.5. The summed E-state index contributed by atoms with van der Waals surface area (Å²) in [5.74, 6) is 1.32. The van der Waals surface area contributed by atoms with Crippen molar-refractivity contribution >= 4 is 15.7 Å². The van der Waals surface area contributed by atoms with Crippen molar-refractivity contribution in [2.24, 2.45) is 11.8 Å². The Hall–Kier alpha value is -2.12. The fourth-order valence-electron chi connectivity index (χ4n) is 4.42. The minimum absolute atomic E-state index is 0.0460. The molecule has 1 saturated heterocycles. The highest BCUT2D eigenvalue weighted by Gasteiger charge is 2.21. The maximum atomic E-state index is 12.5. The van der Waals surface area contributed by atoms with Crippen LogP contribution in [-0.4, -0.2) is 45.4 Å². The number of furan rings is 1. The second kappa shape index (κ2) is 10.5. The summed E-state index contributed by atoms with van der Waals surface area (Å²) in [4.78, 5) is 14.8. The second-order valence-electron chi connectivity index (χ2n) is 9.04. The van der Waals surface area contributed by atoms with Crippen LogP contribution in [0.4, 0.5) is 0 Å². The Morgan fingerprint density at radius 2 is 1.81 bits per heavy atom. The van der Waals surface area contributed by atoms with Gasteiger partial charge in [-0.3, -0.25) is 4.79 Å². The largest absolute Gasteiger partial charge is 0.455 e. The SMILES string of the molecule is Cc1ccccc1CS(=O)(=O)Cc1ccc(C(=O)NCCCN2C[C@H](C)C[C@@H](C)C2)o1. The van der Waals surface area contributed by atoms with Gasteiger partial charge in [0.15, 0.2) is 15.6 Å². The van der Waals surface area contributed by atoms with Crippen molar-refractivity contribution in [1.29, 1.82) is 0 Å². The zero-order valence-electron chi connectivity index (χ0n) is 18.8. The Kier molecular flexibility index (Phi) is 7.94. The van der Waals surface area contributed by atoms with Crippen LogP contribution in [0, 0.1) is 18.8 Å². The van der Waals surface area contributed by atoms with E-state index in [2.05, 4.69) is 24.1 Å². The lowest BCUT2D eigenvalue weighted by Crippen LogP contribution is -2.40. The molecule has 6 nitrogen and oxygen atoms in total. The monoisotopic (exact) mass is 446 g/mol. The molecule has 1 amide bonds. The highest BCUT2D eigenvalue weighted by Crippen LogP contribution is 2.21. The first-order chi connectivity index (χ1) is 14.7. The molecular formula is C24H34N2O4S. The topological polar surface area (TPSA) is 79.6 Å². The molecule has 2 atom stereocenters. The summed E-state index contributed by atoms with van der Waals surface area (Å²) in [5, 5.41) is 2.88. The van der Waals surface area contributed by atoms with Gasteiger partial charge in [-0.15, -0.1) is 0 Å². The van der Waals surface area contributed by atoms with E-state index in [-0.39, 0.29) is 28.9 Å². The predicted octanol–water partition coefficient (Wildman–Crippen LogP) is 3.80. The number of piperidine rings is 1. The van der Waals surface area contributed by atoms with Gasteiger partial charge in [-0.05, 0) is 61.4 Å². The number of hydrogen-bond acceptors (Lipinski definition) is 5. The summed E-state index contributed by atoms with van der Waals surface area (Å²) >= 11 is 0. The lowest BCUT2D eigenvalue weighted by molar-refractivity contribution is 0.0918. The van der Waals surface area contributed by atoms with Crippen molar-refractivity contribution in [3.63, 3.8) is 0 Å². The van der Waals surface area contributed by atoms with Crippen LogP contribution < -0.4 is 5.32 Å². The van der Waals surface area contributed by atoms with Crippen LogP contribution in [0.25, 0.3) is 0 Å². The van der Waals surface area contributed by atoms with Crippen LogP contribution in [0.15, 0.2) is 40.8 Å². The highest BCUT2D eigenvalue weighted by molar-refractivity contribution is 7.89. The average Bonchev–Trinajstić information content (AvgIpc) is 3.14.